The molecular weight excluding hydrogens is 1650 g/mol. The van der Waals surface area contributed by atoms with Crippen molar-refractivity contribution in [2.75, 3.05) is 21.3 Å². The van der Waals surface area contributed by atoms with Crippen molar-refractivity contribution in [3.63, 3.8) is 0 Å². The zero-order valence-corrected chi connectivity index (χ0v) is 73.0. The average Bonchev–Trinajstić information content (AvgIpc) is 1.00. The number of aryl methyl sites for hydroxylation is 5. The van der Waals surface area contributed by atoms with Gasteiger partial charge in [0.1, 0.15) is 47.4 Å². The van der Waals surface area contributed by atoms with E-state index >= 15 is 0 Å². The summed E-state index contributed by atoms with van der Waals surface area (Å²) in [4.78, 5) is 118. The summed E-state index contributed by atoms with van der Waals surface area (Å²) < 4.78 is 7.31. The summed E-state index contributed by atoms with van der Waals surface area (Å²) in [7, 11) is 0. The molecule has 1 aliphatic carbocycles. The van der Waals surface area contributed by atoms with E-state index in [1.165, 1.54) is 31.7 Å². The summed E-state index contributed by atoms with van der Waals surface area (Å²) in [6.45, 7) is 18.2. The van der Waals surface area contributed by atoms with Crippen molar-refractivity contribution in [3.05, 3.63) is 324 Å². The van der Waals surface area contributed by atoms with Gasteiger partial charge in [-0.1, -0.05) is 141 Å². The van der Waals surface area contributed by atoms with Gasteiger partial charge in [-0.05, 0) is 192 Å². The van der Waals surface area contributed by atoms with Gasteiger partial charge >= 0.3 is 0 Å². The second-order valence-electron chi connectivity index (χ2n) is 30.3. The highest BCUT2D eigenvalue weighted by Crippen LogP contribution is 2.37. The number of fused-ring (bicyclic) bond motifs is 8. The number of rotatable bonds is 17. The molecule has 12 heterocycles. The van der Waals surface area contributed by atoms with Crippen LogP contribution in [0.15, 0.2) is 246 Å². The lowest BCUT2D eigenvalue weighted by molar-refractivity contribution is 0.298. The summed E-state index contributed by atoms with van der Waals surface area (Å²) in [6.07, 6.45) is 16.3. The van der Waals surface area contributed by atoms with Crippen molar-refractivity contribution < 1.29 is 0 Å². The van der Waals surface area contributed by atoms with Gasteiger partial charge in [0.2, 0.25) is 0 Å². The standard InChI is InChI=1S/C25H24N6O.C24H22N6O.C22H17ClN6O.C21H22N6O.CH4.3H2S/c1-4-19(30-24-22-23(27-13-26-22)28-14-29-24)20-12-17-7-5-6-16(3)21(17)25(32)31(20)18-10-8-15(2)9-11-18;1-14-6-4-9-18(10-14)30-19(11-17-8-5-7-15(2)20(17)24(30)31)16(3)29-23-21-22(26-12-25-21)27-13-28-23;1-13(28-21-19-20(25-11-24-19)26-12-27-21)17-10-14-6-5-9-16(23)18(14)22(30)29(17)15-7-3-2-4-8-15;1-12-5-3-6-14-9-16(27(15-7-4-8-15)21(28)17(12)14)13(2)26-20-18-19(23-10-22-18)24-11-25-20;;;;/h5-14,19H,4H2,1-3H3,(H2,26,27,28,29,30);4-13,16H,1-3H3,(H2,25,26,27,28,29);2-13H,1H3,(H2,24,25,26,27,28);3,5-6,9-11,13,15H,4,7-8H2,1-2H3,(H2,22,23,24,25,26);1H4;3*1H2/t;16-;2*13-;;;;/m.000..../s1. The molecule has 0 bridgehead atoms. The molecule has 0 aliphatic heterocycles. The van der Waals surface area contributed by atoms with Crippen LogP contribution in [0.5, 0.6) is 0 Å². The number of pyridine rings is 4. The minimum Gasteiger partial charge on any atom is -0.360 e. The Morgan fingerprint density at radius 3 is 1.17 bits per heavy atom. The van der Waals surface area contributed by atoms with Crippen LogP contribution in [0.3, 0.4) is 0 Å². The van der Waals surface area contributed by atoms with Crippen LogP contribution in [-0.2, 0) is 0 Å². The molecule has 1 fully saturated rings. The van der Waals surface area contributed by atoms with Gasteiger partial charge in [0.05, 0.1) is 76.0 Å². The molecule has 0 amide bonds. The van der Waals surface area contributed by atoms with Gasteiger partial charge in [0.25, 0.3) is 22.2 Å². The van der Waals surface area contributed by atoms with Crippen molar-refractivity contribution >= 4 is 163 Å². The minimum atomic E-state index is -0.248. The van der Waals surface area contributed by atoms with E-state index in [0.29, 0.717) is 61.8 Å². The molecule has 20 rings (SSSR count). The average molecular weight is 1740 g/mol. The molecule has 636 valence electrons. The monoisotopic (exact) mass is 1740 g/mol. The third-order valence-corrected chi connectivity index (χ3v) is 22.6. The van der Waals surface area contributed by atoms with Crippen LogP contribution < -0.4 is 43.5 Å². The molecule has 12 aromatic heterocycles. The van der Waals surface area contributed by atoms with E-state index in [-0.39, 0.29) is 100 Å². The molecular formula is C93H95ClN24O4S3. The first-order chi connectivity index (χ1) is 58.8. The molecule has 0 spiro atoms. The van der Waals surface area contributed by atoms with Crippen molar-refractivity contribution in [1.82, 2.24) is 98.0 Å². The number of nitrogens with zero attached hydrogens (tertiary/aromatic N) is 16. The molecule has 32 heteroatoms. The highest BCUT2D eigenvalue weighted by molar-refractivity contribution is 7.59. The third kappa shape index (κ3) is 17.6. The van der Waals surface area contributed by atoms with E-state index in [1.807, 2.05) is 209 Å². The van der Waals surface area contributed by atoms with E-state index in [2.05, 4.69) is 133 Å². The van der Waals surface area contributed by atoms with E-state index in [0.717, 1.165) is 141 Å². The maximum absolute atomic E-state index is 13.8. The van der Waals surface area contributed by atoms with Crippen LogP contribution in [0.1, 0.15) is 142 Å². The lowest BCUT2D eigenvalue weighted by atomic mass is 9.91. The molecule has 8 N–H and O–H groups in total. The van der Waals surface area contributed by atoms with E-state index < -0.39 is 0 Å². The van der Waals surface area contributed by atoms with Gasteiger partial charge in [-0.25, -0.2) is 59.8 Å². The summed E-state index contributed by atoms with van der Waals surface area (Å²) >= 11 is 6.38. The lowest BCUT2D eigenvalue weighted by Gasteiger charge is -2.32. The number of nitrogens with one attached hydrogen (secondary N) is 8. The smallest absolute Gasteiger partial charge is 0.264 e. The third-order valence-electron chi connectivity index (χ3n) is 22.3. The number of hydrogen-bond acceptors (Lipinski definition) is 20. The number of halogens is 1. The van der Waals surface area contributed by atoms with Gasteiger partial charge in [-0.15, -0.1) is 0 Å². The zero-order chi connectivity index (χ0) is 83.7. The van der Waals surface area contributed by atoms with Crippen LogP contribution in [-0.4, -0.2) is 98.0 Å². The van der Waals surface area contributed by atoms with Gasteiger partial charge < -0.3 is 45.8 Å². The SMILES string of the molecule is C.CCC(Nc1ncnc2nc[nH]c12)c1cc2cccc(C)c2c(=O)n1-c1ccc(C)cc1.C[C@H](Nc1ncnc2nc[nH]c12)c1cc2cccc(Cl)c2c(=O)n1-c1ccccc1.Cc1cccc(-n2c([C@H](C)Nc3ncnc4nc[nH]c34)cc3cccc(C)c3c2=O)c1.Cc1cccc2cc([C@H](C)Nc3ncnc4nc[nH]c34)n(C3CCC3)c(=O)c12.S.S.S. The summed E-state index contributed by atoms with van der Waals surface area (Å²) in [5.74, 6) is 2.60. The maximum atomic E-state index is 13.8. The highest BCUT2D eigenvalue weighted by atomic mass is 35.5. The van der Waals surface area contributed by atoms with Gasteiger partial charge in [0, 0.05) is 45.9 Å². The Morgan fingerprint density at radius 2 is 0.736 bits per heavy atom. The Bertz CT molecular complexity index is 7390. The molecule has 4 atom stereocenters. The van der Waals surface area contributed by atoms with Crippen LogP contribution in [0.2, 0.25) is 5.02 Å². The van der Waals surface area contributed by atoms with Crippen LogP contribution in [0.4, 0.5) is 23.3 Å². The number of H-pyrrole nitrogens is 4. The molecule has 0 radical (unpaired) electrons. The predicted molar refractivity (Wildman–Crippen MR) is 516 cm³/mol. The van der Waals surface area contributed by atoms with Crippen LogP contribution >= 0.6 is 52.1 Å². The summed E-state index contributed by atoms with van der Waals surface area (Å²) in [5, 5.41) is 20.7. The quantitative estimate of drug-likeness (QED) is 0.0420. The molecule has 1 unspecified atom stereocenters. The Morgan fingerprint density at radius 1 is 0.376 bits per heavy atom. The molecule has 1 saturated carbocycles. The Labute approximate surface area is 743 Å². The van der Waals surface area contributed by atoms with Crippen LogP contribution in [0, 0.1) is 34.6 Å². The van der Waals surface area contributed by atoms with E-state index in [1.54, 1.807) is 40.5 Å². The van der Waals surface area contributed by atoms with E-state index in [9.17, 15) is 19.2 Å². The molecule has 0 saturated heterocycles. The fourth-order valence-corrected chi connectivity index (χ4v) is 16.3. The number of para-hydroxylation sites is 1. The first-order valence-corrected chi connectivity index (χ1v) is 40.3. The molecule has 19 aromatic rings. The molecule has 7 aromatic carbocycles. The fourth-order valence-electron chi connectivity index (χ4n) is 16.0. The normalized spacial score (nSPS) is 12.7. The Balaban J connectivity index is 0.000000142. The Hall–Kier alpha value is -13.9. The second-order valence-corrected chi connectivity index (χ2v) is 30.7. The van der Waals surface area contributed by atoms with Crippen molar-refractivity contribution in [2.45, 2.75) is 126 Å². The summed E-state index contributed by atoms with van der Waals surface area (Å²) in [6, 6.07) is 56.8. The number of aromatic nitrogens is 20. The second kappa shape index (κ2) is 38.3. The highest BCUT2D eigenvalue weighted by Gasteiger charge is 2.29. The molecule has 1 aliphatic rings. The number of hydrogen-bond donors (Lipinski definition) is 8. The largest absolute Gasteiger partial charge is 0.360 e. The predicted octanol–water partition coefficient (Wildman–Crippen LogP) is 18.6. The van der Waals surface area contributed by atoms with Crippen molar-refractivity contribution in [2.24, 2.45) is 0 Å². The fraction of sp³-hybridized carbons (Fsp3) is 0.204. The molecule has 28 nitrogen and oxygen atoms in total. The number of imidazole rings is 4. The van der Waals surface area contributed by atoms with Gasteiger partial charge in [0.15, 0.2) is 45.9 Å². The van der Waals surface area contributed by atoms with Crippen molar-refractivity contribution in [1.29, 1.82) is 0 Å². The zero-order valence-electron chi connectivity index (χ0n) is 69.2. The summed E-state index contributed by atoms with van der Waals surface area (Å²) in [5.41, 5.74) is 16.4. The van der Waals surface area contributed by atoms with Gasteiger partial charge in [-0.3, -0.25) is 32.9 Å². The minimum absolute atomic E-state index is 0. The first-order valence-electron chi connectivity index (χ1n) is 40.0. The van der Waals surface area contributed by atoms with Crippen LogP contribution in [0.25, 0.3) is 105 Å². The topological polar surface area (TPSA) is 354 Å². The first kappa shape index (κ1) is 88.9. The number of aromatic amines is 4. The molecule has 125 heavy (non-hydrogen) atoms. The van der Waals surface area contributed by atoms with Gasteiger partial charge in [-0.2, -0.15) is 40.5 Å². The van der Waals surface area contributed by atoms with Crippen molar-refractivity contribution in [3.8, 4) is 17.1 Å². The number of anilines is 4. The lowest BCUT2D eigenvalue weighted by Crippen LogP contribution is -2.33. The number of benzene rings is 7. The maximum Gasteiger partial charge on any atom is 0.264 e. The van der Waals surface area contributed by atoms with E-state index in [4.69, 9.17) is 11.6 Å². The Kier molecular flexibility index (Phi) is 27.2.